The van der Waals surface area contributed by atoms with E-state index in [-0.39, 0.29) is 11.3 Å². The van der Waals surface area contributed by atoms with Gasteiger partial charge in [-0.1, -0.05) is 13.8 Å². The molecule has 0 radical (unpaired) electrons. The van der Waals surface area contributed by atoms with Gasteiger partial charge in [-0.2, -0.15) is 13.9 Å². The van der Waals surface area contributed by atoms with Gasteiger partial charge in [-0.3, -0.25) is 4.79 Å². The minimum atomic E-state index is -3.60. The third-order valence-corrected chi connectivity index (χ3v) is 4.10. The molecule has 0 fully saturated rings. The van der Waals surface area contributed by atoms with Crippen LogP contribution in [0.15, 0.2) is 12.1 Å². The van der Waals surface area contributed by atoms with Gasteiger partial charge in [-0.25, -0.2) is 9.50 Å². The van der Waals surface area contributed by atoms with Crippen LogP contribution in [0.5, 0.6) is 0 Å². The van der Waals surface area contributed by atoms with Crippen LogP contribution in [-0.4, -0.2) is 51.6 Å². The highest BCUT2D eigenvalue weighted by atomic mass is 35.5. The molecule has 0 aromatic carbocycles. The first kappa shape index (κ1) is 19.5. The summed E-state index contributed by atoms with van der Waals surface area (Å²) in [5, 5.41) is 3.08. The number of halogens is 3. The Morgan fingerprint density at radius 2 is 2.04 bits per heavy atom. The van der Waals surface area contributed by atoms with E-state index in [1.165, 1.54) is 6.07 Å². The average Bonchev–Trinajstić information content (AvgIpc) is 2.96. The molecule has 0 spiro atoms. The van der Waals surface area contributed by atoms with E-state index in [1.807, 2.05) is 0 Å². The summed E-state index contributed by atoms with van der Waals surface area (Å²) in [5.74, 6) is -0.425. The summed E-state index contributed by atoms with van der Waals surface area (Å²) in [6.45, 7) is 9.01. The van der Waals surface area contributed by atoms with E-state index in [0.717, 1.165) is 36.6 Å². The van der Waals surface area contributed by atoms with Crippen LogP contribution >= 0.6 is 11.6 Å². The second-order valence-electron chi connectivity index (χ2n) is 5.72. The van der Waals surface area contributed by atoms with Crippen molar-refractivity contribution in [3.8, 4) is 0 Å². The number of rotatable bonds is 8. The van der Waals surface area contributed by atoms with E-state index in [0.29, 0.717) is 12.2 Å². The molecule has 0 unspecified atom stereocenters. The van der Waals surface area contributed by atoms with E-state index in [9.17, 15) is 13.6 Å². The standard InChI is InChI=1S/C16H22ClF2N5O/c1-4-23(5-2)8-6-7-20-15(25)12-10-14-21-11(3)9-13(16(17,18)19)24(14)22-12/h9-10H,4-8H2,1-3H3,(H,20,25). The van der Waals surface area contributed by atoms with Gasteiger partial charge in [0, 0.05) is 18.3 Å². The number of nitrogens with one attached hydrogen (secondary N) is 1. The Bertz CT molecular complexity index is 740. The lowest BCUT2D eigenvalue weighted by atomic mass is 10.3. The zero-order valence-corrected chi connectivity index (χ0v) is 15.3. The largest absolute Gasteiger partial charge is 0.364 e. The Morgan fingerprint density at radius 3 is 2.64 bits per heavy atom. The van der Waals surface area contributed by atoms with Crippen LogP contribution in [0.1, 0.15) is 42.1 Å². The third-order valence-electron chi connectivity index (χ3n) is 3.91. The van der Waals surface area contributed by atoms with Crippen molar-refractivity contribution >= 4 is 23.2 Å². The van der Waals surface area contributed by atoms with Crippen LogP contribution in [0, 0.1) is 6.92 Å². The van der Waals surface area contributed by atoms with Gasteiger partial charge >= 0.3 is 5.38 Å². The van der Waals surface area contributed by atoms with Gasteiger partial charge in [0.05, 0.1) is 0 Å². The van der Waals surface area contributed by atoms with Crippen LogP contribution in [-0.2, 0) is 5.38 Å². The maximum absolute atomic E-state index is 13.5. The summed E-state index contributed by atoms with van der Waals surface area (Å²) >= 11 is 5.13. The molecule has 2 rings (SSSR count). The first-order valence-corrected chi connectivity index (χ1v) is 8.59. The topological polar surface area (TPSA) is 62.5 Å². The first-order chi connectivity index (χ1) is 11.8. The number of fused-ring (bicyclic) bond motifs is 1. The number of hydrogen-bond donors (Lipinski definition) is 1. The van der Waals surface area contributed by atoms with Crippen LogP contribution in [0.25, 0.3) is 5.65 Å². The van der Waals surface area contributed by atoms with E-state index in [1.54, 1.807) is 6.92 Å². The summed E-state index contributed by atoms with van der Waals surface area (Å²) in [5.41, 5.74) is 0.0397. The zero-order chi connectivity index (χ0) is 18.6. The fourth-order valence-corrected chi connectivity index (χ4v) is 2.68. The van der Waals surface area contributed by atoms with Crippen molar-refractivity contribution in [3.05, 3.63) is 29.2 Å². The van der Waals surface area contributed by atoms with E-state index >= 15 is 0 Å². The summed E-state index contributed by atoms with van der Waals surface area (Å²) in [6.07, 6.45) is 0.795. The Hall–Kier alpha value is -1.80. The van der Waals surface area contributed by atoms with E-state index < -0.39 is 17.0 Å². The quantitative estimate of drug-likeness (QED) is 0.571. The number of aromatic nitrogens is 3. The van der Waals surface area contributed by atoms with Gasteiger partial charge in [-0.15, -0.1) is 0 Å². The second kappa shape index (κ2) is 8.05. The molecule has 0 aliphatic heterocycles. The Morgan fingerprint density at radius 1 is 1.36 bits per heavy atom. The minimum Gasteiger partial charge on any atom is -0.351 e. The molecule has 9 heteroatoms. The van der Waals surface area contributed by atoms with Crippen molar-refractivity contribution in [2.75, 3.05) is 26.2 Å². The molecule has 0 atom stereocenters. The Labute approximate surface area is 150 Å². The lowest BCUT2D eigenvalue weighted by Crippen LogP contribution is -2.30. The molecule has 6 nitrogen and oxygen atoms in total. The van der Waals surface area contributed by atoms with Crippen molar-refractivity contribution in [3.63, 3.8) is 0 Å². The highest BCUT2D eigenvalue weighted by molar-refractivity contribution is 6.21. The molecular weight excluding hydrogens is 352 g/mol. The summed E-state index contributed by atoms with van der Waals surface area (Å²) in [6, 6.07) is 2.53. The van der Waals surface area contributed by atoms with E-state index in [4.69, 9.17) is 11.6 Å². The fraction of sp³-hybridized carbons (Fsp3) is 0.562. The predicted octanol–water partition coefficient (Wildman–Crippen LogP) is 2.79. The minimum absolute atomic E-state index is 0.0307. The zero-order valence-electron chi connectivity index (χ0n) is 14.5. The summed E-state index contributed by atoms with van der Waals surface area (Å²) in [4.78, 5) is 18.6. The van der Waals surface area contributed by atoms with Crippen molar-refractivity contribution in [2.24, 2.45) is 0 Å². The molecule has 0 bridgehead atoms. The average molecular weight is 374 g/mol. The molecule has 25 heavy (non-hydrogen) atoms. The highest BCUT2D eigenvalue weighted by Gasteiger charge is 2.32. The molecular formula is C16H22ClF2N5O. The smallest absolute Gasteiger partial charge is 0.351 e. The maximum atomic E-state index is 13.5. The van der Waals surface area contributed by atoms with Gasteiger partial charge in [0.15, 0.2) is 11.3 Å². The van der Waals surface area contributed by atoms with Crippen molar-refractivity contribution in [1.29, 1.82) is 0 Å². The molecule has 1 N–H and O–H groups in total. The molecule has 0 aliphatic rings. The SMILES string of the molecule is CCN(CC)CCCNC(=O)c1cc2nc(C)cc(C(F)(F)Cl)n2n1. The normalized spacial score (nSPS) is 12.1. The van der Waals surface area contributed by atoms with Crippen LogP contribution in [0.3, 0.4) is 0 Å². The lowest BCUT2D eigenvalue weighted by Gasteiger charge is -2.17. The molecule has 2 heterocycles. The number of carbonyl (C=O) groups is 1. The van der Waals surface area contributed by atoms with Gasteiger partial charge in [0.2, 0.25) is 0 Å². The van der Waals surface area contributed by atoms with Crippen LogP contribution in [0.4, 0.5) is 8.78 Å². The Kier molecular flexibility index (Phi) is 6.29. The number of hydrogen-bond acceptors (Lipinski definition) is 4. The molecule has 2 aromatic heterocycles. The number of aryl methyl sites for hydroxylation is 1. The van der Waals surface area contributed by atoms with Crippen molar-refractivity contribution < 1.29 is 13.6 Å². The first-order valence-electron chi connectivity index (χ1n) is 8.21. The molecule has 138 valence electrons. The molecule has 2 aromatic rings. The fourth-order valence-electron chi connectivity index (χ4n) is 2.55. The summed E-state index contributed by atoms with van der Waals surface area (Å²) < 4.78 is 28.0. The van der Waals surface area contributed by atoms with Gasteiger partial charge in [0.25, 0.3) is 5.91 Å². The highest BCUT2D eigenvalue weighted by Crippen LogP contribution is 2.32. The molecule has 0 saturated carbocycles. The third kappa shape index (κ3) is 4.85. The molecule has 0 saturated heterocycles. The van der Waals surface area contributed by atoms with Crippen LogP contribution < -0.4 is 5.32 Å². The number of carbonyl (C=O) groups excluding carboxylic acids is 1. The van der Waals surface area contributed by atoms with Gasteiger partial charge in [0.1, 0.15) is 5.69 Å². The monoisotopic (exact) mass is 373 g/mol. The lowest BCUT2D eigenvalue weighted by molar-refractivity contribution is 0.0864. The molecule has 1 amide bonds. The molecule has 0 aliphatic carbocycles. The summed E-state index contributed by atoms with van der Waals surface area (Å²) in [7, 11) is 0. The van der Waals surface area contributed by atoms with Gasteiger partial charge in [-0.05, 0) is 50.6 Å². The number of nitrogens with zero attached hydrogens (tertiary/aromatic N) is 4. The van der Waals surface area contributed by atoms with E-state index in [2.05, 4.69) is 34.1 Å². The Balaban J connectivity index is 2.10. The maximum Gasteiger partial charge on any atom is 0.364 e. The van der Waals surface area contributed by atoms with Crippen LogP contribution in [0.2, 0.25) is 0 Å². The number of amides is 1. The predicted molar refractivity (Wildman–Crippen MR) is 92.2 cm³/mol. The second-order valence-corrected chi connectivity index (χ2v) is 6.19. The van der Waals surface area contributed by atoms with Crippen molar-refractivity contribution in [1.82, 2.24) is 24.8 Å². The number of alkyl halides is 3. The van der Waals surface area contributed by atoms with Gasteiger partial charge < -0.3 is 10.2 Å². The van der Waals surface area contributed by atoms with Crippen molar-refractivity contribution in [2.45, 2.75) is 32.6 Å².